The van der Waals surface area contributed by atoms with Crippen molar-refractivity contribution in [2.75, 3.05) is 13.7 Å². The van der Waals surface area contributed by atoms with Crippen LogP contribution in [0.5, 0.6) is 0 Å². The van der Waals surface area contributed by atoms with E-state index in [1.807, 2.05) is 0 Å². The highest BCUT2D eigenvalue weighted by Crippen LogP contribution is 2.44. The van der Waals surface area contributed by atoms with Crippen LogP contribution in [0.15, 0.2) is 0 Å². The van der Waals surface area contributed by atoms with Crippen LogP contribution in [0.1, 0.15) is 45.4 Å². The maximum Gasteiger partial charge on any atom is 0.325 e. The summed E-state index contributed by atoms with van der Waals surface area (Å²) in [6.07, 6.45) is 3.47. The zero-order valence-electron chi connectivity index (χ0n) is 13.1. The first-order valence-electron chi connectivity index (χ1n) is 7.58. The summed E-state index contributed by atoms with van der Waals surface area (Å²) in [5.41, 5.74) is -0.777. The Bertz CT molecular complexity index is 416. The molecule has 1 aliphatic rings. The lowest BCUT2D eigenvalue weighted by atomic mass is 9.76. The van der Waals surface area contributed by atoms with E-state index in [0.717, 1.165) is 12.8 Å². The lowest BCUT2D eigenvalue weighted by Crippen LogP contribution is -2.47. The third-order valence-electron chi connectivity index (χ3n) is 4.42. The predicted octanol–water partition coefficient (Wildman–Crippen LogP) is 1.26. The highest BCUT2D eigenvalue weighted by atomic mass is 16.5. The van der Waals surface area contributed by atoms with Gasteiger partial charge in [-0.15, -0.1) is 0 Å². The van der Waals surface area contributed by atoms with Crippen LogP contribution in [0.2, 0.25) is 0 Å². The summed E-state index contributed by atoms with van der Waals surface area (Å²) in [5, 5.41) is 20.8. The van der Waals surface area contributed by atoms with Gasteiger partial charge < -0.3 is 20.3 Å². The molecule has 0 spiro atoms. The highest BCUT2D eigenvalue weighted by Gasteiger charge is 2.44. The van der Waals surface area contributed by atoms with Crippen molar-refractivity contribution in [1.82, 2.24) is 5.32 Å². The number of ether oxygens (including phenoxy) is 1. The molecule has 0 aromatic heterocycles. The molecule has 3 N–H and O–H groups in total. The number of hydrogen-bond acceptors (Lipinski definition) is 4. The van der Waals surface area contributed by atoms with Crippen LogP contribution in [-0.2, 0) is 19.1 Å². The summed E-state index contributed by atoms with van der Waals surface area (Å²) in [7, 11) is 1.51. The second-order valence-corrected chi connectivity index (χ2v) is 6.04. The number of methoxy groups -OCH3 is 1. The first-order valence-corrected chi connectivity index (χ1v) is 7.58. The molecule has 2 atom stereocenters. The van der Waals surface area contributed by atoms with E-state index in [2.05, 4.69) is 5.32 Å². The van der Waals surface area contributed by atoms with E-state index in [-0.39, 0.29) is 12.3 Å². The summed E-state index contributed by atoms with van der Waals surface area (Å²) >= 11 is 0. The molecule has 0 aliphatic heterocycles. The third-order valence-corrected chi connectivity index (χ3v) is 4.42. The predicted molar refractivity (Wildman–Crippen MR) is 78.4 cm³/mol. The third kappa shape index (κ3) is 4.69. The number of carbonyl (C=O) groups excluding carboxylic acids is 1. The molecule has 1 unspecified atom stereocenters. The number of hydrogen-bond donors (Lipinski definition) is 3. The van der Waals surface area contributed by atoms with Gasteiger partial charge in [-0.2, -0.15) is 0 Å². The van der Waals surface area contributed by atoms with Crippen molar-refractivity contribution in [2.24, 2.45) is 11.3 Å². The molecule has 0 saturated heterocycles. The molecule has 126 valence electrons. The number of carboxylic acid groups (broad SMARTS) is 2. The molecule has 1 saturated carbocycles. The number of aliphatic carboxylic acids is 2. The largest absolute Gasteiger partial charge is 0.481 e. The van der Waals surface area contributed by atoms with Gasteiger partial charge >= 0.3 is 11.9 Å². The average Bonchev–Trinajstić information content (AvgIpc) is 2.92. The molecular formula is C15H25NO6. The molecule has 1 rings (SSSR count). The smallest absolute Gasteiger partial charge is 0.325 e. The number of carbonyl (C=O) groups is 3. The Hall–Kier alpha value is -1.63. The Morgan fingerprint density at radius 1 is 1.18 bits per heavy atom. The molecule has 0 radical (unpaired) electrons. The normalized spacial score (nSPS) is 19.4. The van der Waals surface area contributed by atoms with E-state index in [4.69, 9.17) is 9.84 Å². The van der Waals surface area contributed by atoms with Gasteiger partial charge in [-0.3, -0.25) is 14.4 Å². The minimum absolute atomic E-state index is 0.226. The maximum atomic E-state index is 12.5. The molecule has 1 amide bonds. The van der Waals surface area contributed by atoms with Gasteiger partial charge in [0.2, 0.25) is 5.91 Å². The van der Waals surface area contributed by atoms with E-state index < -0.39 is 29.3 Å². The van der Waals surface area contributed by atoms with Crippen molar-refractivity contribution in [3.05, 3.63) is 0 Å². The summed E-state index contributed by atoms with van der Waals surface area (Å²) in [6.45, 7) is 1.72. The zero-order valence-corrected chi connectivity index (χ0v) is 13.1. The van der Waals surface area contributed by atoms with Crippen molar-refractivity contribution >= 4 is 17.8 Å². The average molecular weight is 315 g/mol. The molecule has 7 nitrogen and oxygen atoms in total. The van der Waals surface area contributed by atoms with Gasteiger partial charge in [0.25, 0.3) is 0 Å². The van der Waals surface area contributed by atoms with Gasteiger partial charge in [-0.1, -0.05) is 12.8 Å². The van der Waals surface area contributed by atoms with Crippen LogP contribution in [-0.4, -0.2) is 47.8 Å². The Labute approximate surface area is 130 Å². The lowest BCUT2D eigenvalue weighted by Gasteiger charge is -2.31. The van der Waals surface area contributed by atoms with E-state index in [0.29, 0.717) is 25.9 Å². The number of carboxylic acids is 2. The van der Waals surface area contributed by atoms with Crippen molar-refractivity contribution in [1.29, 1.82) is 0 Å². The van der Waals surface area contributed by atoms with E-state index in [1.54, 1.807) is 0 Å². The molecule has 7 heteroatoms. The number of nitrogens with one attached hydrogen (secondary N) is 1. The van der Waals surface area contributed by atoms with Crippen molar-refractivity contribution in [2.45, 2.75) is 51.5 Å². The summed E-state index contributed by atoms with van der Waals surface area (Å²) < 4.78 is 4.93. The molecule has 1 fully saturated rings. The SMILES string of the molecule is COCC[C@H](CC1(C(=O)NC(C)C(=O)O)CCCC1)C(=O)O. The van der Waals surface area contributed by atoms with Gasteiger partial charge in [0.1, 0.15) is 6.04 Å². The molecule has 0 aromatic carbocycles. The lowest BCUT2D eigenvalue weighted by molar-refractivity contribution is -0.147. The van der Waals surface area contributed by atoms with Crippen LogP contribution in [0, 0.1) is 11.3 Å². The molecule has 0 bridgehead atoms. The first-order chi connectivity index (χ1) is 10.3. The second-order valence-electron chi connectivity index (χ2n) is 6.04. The topological polar surface area (TPSA) is 113 Å². The van der Waals surface area contributed by atoms with E-state index >= 15 is 0 Å². The second kappa shape index (κ2) is 8.12. The molecule has 1 aliphatic carbocycles. The fourth-order valence-corrected chi connectivity index (χ4v) is 3.03. The van der Waals surface area contributed by atoms with Crippen LogP contribution < -0.4 is 5.32 Å². The van der Waals surface area contributed by atoms with Gasteiger partial charge in [0, 0.05) is 13.7 Å². The van der Waals surface area contributed by atoms with E-state index in [9.17, 15) is 19.5 Å². The molecule has 22 heavy (non-hydrogen) atoms. The van der Waals surface area contributed by atoms with Crippen molar-refractivity contribution < 1.29 is 29.3 Å². The van der Waals surface area contributed by atoms with Crippen molar-refractivity contribution in [3.8, 4) is 0 Å². The van der Waals surface area contributed by atoms with Gasteiger partial charge in [0.05, 0.1) is 11.3 Å². The minimum atomic E-state index is -1.10. The minimum Gasteiger partial charge on any atom is -0.481 e. The summed E-state index contributed by atoms with van der Waals surface area (Å²) in [5.74, 6) is -3.05. The number of rotatable bonds is 9. The Kier molecular flexibility index (Phi) is 6.80. The molecule has 0 heterocycles. The highest BCUT2D eigenvalue weighted by molar-refractivity contribution is 5.88. The first kappa shape index (κ1) is 18.4. The Balaban J connectivity index is 2.83. The van der Waals surface area contributed by atoms with E-state index in [1.165, 1.54) is 14.0 Å². The van der Waals surface area contributed by atoms with Gasteiger partial charge in [0.15, 0.2) is 0 Å². The fraction of sp³-hybridized carbons (Fsp3) is 0.800. The summed E-state index contributed by atoms with van der Waals surface area (Å²) in [6, 6.07) is -0.979. The van der Waals surface area contributed by atoms with Gasteiger partial charge in [-0.05, 0) is 32.6 Å². The number of amides is 1. The quantitative estimate of drug-likeness (QED) is 0.590. The van der Waals surface area contributed by atoms with Gasteiger partial charge in [-0.25, -0.2) is 0 Å². The standard InChI is InChI=1S/C15H25NO6/c1-10(12(17)18)16-14(21)15(6-3-4-7-15)9-11(13(19)20)5-8-22-2/h10-11H,3-9H2,1-2H3,(H,16,21)(H,17,18)(H,19,20)/t10?,11-/m1/s1. The Morgan fingerprint density at radius 2 is 1.77 bits per heavy atom. The van der Waals surface area contributed by atoms with Crippen LogP contribution in [0.3, 0.4) is 0 Å². The Morgan fingerprint density at radius 3 is 2.23 bits per heavy atom. The van der Waals surface area contributed by atoms with Crippen LogP contribution >= 0.6 is 0 Å². The molecular weight excluding hydrogens is 290 g/mol. The zero-order chi connectivity index (χ0) is 16.8. The van der Waals surface area contributed by atoms with Crippen LogP contribution in [0.25, 0.3) is 0 Å². The maximum absolute atomic E-state index is 12.5. The fourth-order valence-electron chi connectivity index (χ4n) is 3.03. The molecule has 0 aromatic rings. The van der Waals surface area contributed by atoms with Crippen LogP contribution in [0.4, 0.5) is 0 Å². The van der Waals surface area contributed by atoms with Crippen molar-refractivity contribution in [3.63, 3.8) is 0 Å². The monoisotopic (exact) mass is 315 g/mol. The summed E-state index contributed by atoms with van der Waals surface area (Å²) in [4.78, 5) is 34.8.